The largest absolute Gasteiger partial charge is 0.494 e. The monoisotopic (exact) mass is 402 g/mol. The van der Waals surface area contributed by atoms with Crippen molar-refractivity contribution in [1.82, 2.24) is 15.2 Å². The fraction of sp³-hybridized carbons (Fsp3) is 0.143. The molecule has 1 atom stereocenters. The first kappa shape index (κ1) is 17.4. The molecule has 7 nitrogen and oxygen atoms in total. The summed E-state index contributed by atoms with van der Waals surface area (Å²) in [5.74, 6) is 0.923. The summed E-state index contributed by atoms with van der Waals surface area (Å²) in [5, 5.41) is 28.7. The third-order valence-corrected chi connectivity index (χ3v) is 6.12. The van der Waals surface area contributed by atoms with Gasteiger partial charge in [0.25, 0.3) is 0 Å². The van der Waals surface area contributed by atoms with Crippen LogP contribution in [0.2, 0.25) is 0 Å². The van der Waals surface area contributed by atoms with E-state index in [4.69, 9.17) is 4.74 Å². The second-order valence-electron chi connectivity index (χ2n) is 6.79. The summed E-state index contributed by atoms with van der Waals surface area (Å²) in [4.78, 5) is 14.4. The summed E-state index contributed by atoms with van der Waals surface area (Å²) >= 11 is 1.05. The van der Waals surface area contributed by atoms with Gasteiger partial charge < -0.3 is 9.84 Å². The predicted octanol–water partition coefficient (Wildman–Crippen LogP) is 3.83. The number of hydrogen-bond acceptors (Lipinski definition) is 7. The Hall–Kier alpha value is -3.70. The number of aromatic nitrogens is 3. The number of aryl methyl sites for hydroxylation is 1. The lowest BCUT2D eigenvalue weighted by atomic mass is 10.00. The molecule has 2 heterocycles. The molecular weight excluding hydrogens is 388 g/mol. The van der Waals surface area contributed by atoms with Crippen LogP contribution in [0.4, 0.5) is 0 Å². The SMILES string of the molecule is N#Cc1nnc(Oc2ccc3c(c2)CCC3c2sc(=O)[nH]c2O)c2ccccc12. The average Bonchev–Trinajstić information content (AvgIpc) is 3.29. The minimum atomic E-state index is -0.253. The van der Waals surface area contributed by atoms with Crippen LogP contribution in [0.1, 0.15) is 34.0 Å². The summed E-state index contributed by atoms with van der Waals surface area (Å²) in [5.41, 5.74) is 2.45. The Morgan fingerprint density at radius 3 is 2.79 bits per heavy atom. The number of benzene rings is 2. The molecule has 2 N–H and O–H groups in total. The Morgan fingerprint density at radius 1 is 1.21 bits per heavy atom. The van der Waals surface area contributed by atoms with Crippen molar-refractivity contribution in [3.63, 3.8) is 0 Å². The summed E-state index contributed by atoms with van der Waals surface area (Å²) < 4.78 is 6.00. The summed E-state index contributed by atoms with van der Waals surface area (Å²) in [6.07, 6.45) is 1.64. The molecule has 0 saturated heterocycles. The zero-order valence-corrected chi connectivity index (χ0v) is 15.9. The molecule has 2 aromatic carbocycles. The van der Waals surface area contributed by atoms with Gasteiger partial charge in [0.2, 0.25) is 11.8 Å². The average molecular weight is 402 g/mol. The first-order valence-corrected chi connectivity index (χ1v) is 9.84. The molecule has 8 heteroatoms. The van der Waals surface area contributed by atoms with E-state index in [0.717, 1.165) is 40.7 Å². The topological polar surface area (TPSA) is 112 Å². The lowest BCUT2D eigenvalue weighted by molar-refractivity contribution is 0.447. The summed E-state index contributed by atoms with van der Waals surface area (Å²) in [7, 11) is 0. The van der Waals surface area contributed by atoms with E-state index in [9.17, 15) is 15.2 Å². The highest BCUT2D eigenvalue weighted by Gasteiger charge is 2.28. The second kappa shape index (κ2) is 6.72. The lowest BCUT2D eigenvalue weighted by Gasteiger charge is -2.11. The molecule has 0 amide bonds. The van der Waals surface area contributed by atoms with E-state index in [-0.39, 0.29) is 22.4 Å². The quantitative estimate of drug-likeness (QED) is 0.539. The Balaban J connectivity index is 1.50. The van der Waals surface area contributed by atoms with Gasteiger partial charge in [0.15, 0.2) is 5.69 Å². The van der Waals surface area contributed by atoms with Gasteiger partial charge >= 0.3 is 4.87 Å². The smallest absolute Gasteiger partial charge is 0.307 e. The van der Waals surface area contributed by atoms with Gasteiger partial charge in [-0.2, -0.15) is 5.26 Å². The Bertz CT molecular complexity index is 1350. The number of nitrogens with one attached hydrogen (secondary N) is 1. The first-order valence-electron chi connectivity index (χ1n) is 9.02. The first-order chi connectivity index (χ1) is 14.1. The van der Waals surface area contributed by atoms with Gasteiger partial charge in [-0.05, 0) is 42.2 Å². The summed E-state index contributed by atoms with van der Waals surface area (Å²) in [6.45, 7) is 0. The maximum Gasteiger partial charge on any atom is 0.307 e. The normalized spacial score (nSPS) is 15.2. The maximum atomic E-state index is 11.5. The molecule has 4 aromatic rings. The molecule has 1 aliphatic carbocycles. The van der Waals surface area contributed by atoms with Gasteiger partial charge in [-0.15, -0.1) is 10.2 Å². The van der Waals surface area contributed by atoms with Gasteiger partial charge in [-0.25, -0.2) is 0 Å². The molecule has 0 bridgehead atoms. The number of aromatic amines is 1. The molecule has 142 valence electrons. The van der Waals surface area contributed by atoms with Crippen LogP contribution < -0.4 is 9.61 Å². The Morgan fingerprint density at radius 2 is 2.03 bits per heavy atom. The van der Waals surface area contributed by atoms with Crippen LogP contribution in [0, 0.1) is 11.3 Å². The lowest BCUT2D eigenvalue weighted by Crippen LogP contribution is -1.97. The summed E-state index contributed by atoms with van der Waals surface area (Å²) in [6, 6.07) is 15.2. The second-order valence-corrected chi connectivity index (χ2v) is 7.81. The van der Waals surface area contributed by atoms with Crippen LogP contribution in [0.5, 0.6) is 17.5 Å². The minimum Gasteiger partial charge on any atom is -0.494 e. The molecule has 0 aliphatic heterocycles. The number of nitrogens with zero attached hydrogens (tertiary/aromatic N) is 3. The van der Waals surface area contributed by atoms with Crippen LogP contribution in [0.3, 0.4) is 0 Å². The van der Waals surface area contributed by atoms with Crippen molar-refractivity contribution in [3.8, 4) is 23.6 Å². The third-order valence-electron chi connectivity index (χ3n) is 5.14. The van der Waals surface area contributed by atoms with Crippen molar-refractivity contribution < 1.29 is 9.84 Å². The number of H-pyrrole nitrogens is 1. The Kier molecular flexibility index (Phi) is 4.03. The van der Waals surface area contributed by atoms with Crippen LogP contribution >= 0.6 is 11.3 Å². The molecule has 5 rings (SSSR count). The Labute approximate surface area is 168 Å². The number of nitriles is 1. The zero-order chi connectivity index (χ0) is 20.0. The molecule has 0 spiro atoms. The highest BCUT2D eigenvalue weighted by Crippen LogP contribution is 2.43. The zero-order valence-electron chi connectivity index (χ0n) is 15.0. The molecule has 1 aliphatic rings. The van der Waals surface area contributed by atoms with Gasteiger partial charge in [-0.3, -0.25) is 9.78 Å². The van der Waals surface area contributed by atoms with Gasteiger partial charge in [-0.1, -0.05) is 35.6 Å². The van der Waals surface area contributed by atoms with Crippen LogP contribution in [-0.4, -0.2) is 20.3 Å². The van der Waals surface area contributed by atoms with E-state index in [1.165, 1.54) is 0 Å². The standard InChI is InChI=1S/C21H14N4O3S/c22-10-17-14-3-1-2-4-16(14)20(25-24-17)28-12-6-8-13-11(9-12)5-7-15(13)18-19(26)23-21(27)29-18/h1-4,6,8-9,15,26H,5,7H2,(H,23,27). The maximum absolute atomic E-state index is 11.5. The van der Waals surface area contributed by atoms with Crippen LogP contribution in [0.15, 0.2) is 47.3 Å². The molecule has 1 unspecified atom stereocenters. The fourth-order valence-electron chi connectivity index (χ4n) is 3.85. The molecule has 2 aromatic heterocycles. The van der Waals surface area contributed by atoms with E-state index in [1.54, 1.807) is 0 Å². The van der Waals surface area contributed by atoms with Crippen LogP contribution in [-0.2, 0) is 6.42 Å². The van der Waals surface area contributed by atoms with Gasteiger partial charge in [0, 0.05) is 16.7 Å². The van der Waals surface area contributed by atoms with Crippen molar-refractivity contribution in [1.29, 1.82) is 5.26 Å². The molecule has 0 saturated carbocycles. The van der Waals surface area contributed by atoms with E-state index >= 15 is 0 Å². The van der Waals surface area contributed by atoms with Crippen LogP contribution in [0.25, 0.3) is 10.8 Å². The number of rotatable bonds is 3. The number of ether oxygens (including phenoxy) is 1. The van der Waals surface area contributed by atoms with Gasteiger partial charge in [0.05, 0.1) is 4.88 Å². The number of fused-ring (bicyclic) bond motifs is 2. The van der Waals surface area contributed by atoms with E-state index in [2.05, 4.69) is 15.2 Å². The van der Waals surface area contributed by atoms with Crippen molar-refractivity contribution >= 4 is 22.1 Å². The third kappa shape index (κ3) is 2.92. The highest BCUT2D eigenvalue weighted by molar-refractivity contribution is 7.09. The molecule has 0 fully saturated rings. The fourth-order valence-corrected chi connectivity index (χ4v) is 4.73. The van der Waals surface area contributed by atoms with E-state index in [1.807, 2.05) is 48.5 Å². The predicted molar refractivity (Wildman–Crippen MR) is 108 cm³/mol. The number of thiazole rings is 1. The highest BCUT2D eigenvalue weighted by atomic mass is 32.1. The molecular formula is C21H14N4O3S. The van der Waals surface area contributed by atoms with Crippen molar-refractivity contribution in [2.75, 3.05) is 0 Å². The number of hydrogen-bond donors (Lipinski definition) is 2. The van der Waals surface area contributed by atoms with E-state index < -0.39 is 0 Å². The molecule has 0 radical (unpaired) electrons. The van der Waals surface area contributed by atoms with E-state index in [0.29, 0.717) is 21.9 Å². The van der Waals surface area contributed by atoms with Gasteiger partial charge in [0.1, 0.15) is 11.8 Å². The minimum absolute atomic E-state index is 0.00136. The number of aromatic hydroxyl groups is 1. The molecule has 29 heavy (non-hydrogen) atoms. The van der Waals surface area contributed by atoms with Crippen molar-refractivity contribution in [3.05, 3.63) is 73.8 Å². The van der Waals surface area contributed by atoms with Crippen molar-refractivity contribution in [2.45, 2.75) is 18.8 Å². The van der Waals surface area contributed by atoms with Crippen molar-refractivity contribution in [2.24, 2.45) is 0 Å².